The number of aliphatic carboxylic acids is 1. The fourth-order valence-corrected chi connectivity index (χ4v) is 1.97. The summed E-state index contributed by atoms with van der Waals surface area (Å²) in [5, 5.41) is 8.89. The van der Waals surface area contributed by atoms with E-state index in [9.17, 15) is 4.79 Å². The SMILES string of the molecule is O=C(O)C1C=C(c2cccc(Oc3ccccc3)c2)NO1. The molecule has 0 radical (unpaired) electrons. The maximum absolute atomic E-state index is 10.9. The summed E-state index contributed by atoms with van der Waals surface area (Å²) in [6, 6.07) is 16.8. The van der Waals surface area contributed by atoms with E-state index in [0.717, 1.165) is 11.3 Å². The Morgan fingerprint density at radius 2 is 1.86 bits per heavy atom. The van der Waals surface area contributed by atoms with Gasteiger partial charge in [-0.3, -0.25) is 10.3 Å². The van der Waals surface area contributed by atoms with Crippen molar-refractivity contribution < 1.29 is 19.5 Å². The van der Waals surface area contributed by atoms with E-state index in [-0.39, 0.29) is 0 Å². The molecule has 1 heterocycles. The molecule has 0 fully saturated rings. The number of rotatable bonds is 4. The van der Waals surface area contributed by atoms with E-state index in [1.165, 1.54) is 6.08 Å². The quantitative estimate of drug-likeness (QED) is 0.903. The lowest BCUT2D eigenvalue weighted by Gasteiger charge is -2.08. The molecule has 21 heavy (non-hydrogen) atoms. The van der Waals surface area contributed by atoms with Crippen LogP contribution in [0.3, 0.4) is 0 Å². The number of benzene rings is 2. The first kappa shape index (κ1) is 13.2. The Bertz CT molecular complexity index is 682. The Hall–Kier alpha value is -2.79. The zero-order valence-electron chi connectivity index (χ0n) is 11.0. The van der Waals surface area contributed by atoms with Gasteiger partial charge in [-0.2, -0.15) is 0 Å². The lowest BCUT2D eigenvalue weighted by Crippen LogP contribution is -2.20. The summed E-state index contributed by atoms with van der Waals surface area (Å²) in [6.07, 6.45) is 0.544. The van der Waals surface area contributed by atoms with Gasteiger partial charge in [0.05, 0.1) is 5.70 Å². The standard InChI is InChI=1S/C16H13NO4/c18-16(19)15-10-14(17-21-15)11-5-4-8-13(9-11)20-12-6-2-1-3-7-12/h1-10,15,17H,(H,18,19). The number of ether oxygens (including phenoxy) is 1. The van der Waals surface area contributed by atoms with Gasteiger partial charge in [0, 0.05) is 5.56 Å². The highest BCUT2D eigenvalue weighted by atomic mass is 16.7. The topological polar surface area (TPSA) is 67.8 Å². The van der Waals surface area contributed by atoms with E-state index in [1.54, 1.807) is 0 Å². The second-order valence-electron chi connectivity index (χ2n) is 4.50. The molecule has 0 saturated carbocycles. The predicted molar refractivity (Wildman–Crippen MR) is 76.6 cm³/mol. The summed E-state index contributed by atoms with van der Waals surface area (Å²) in [6.45, 7) is 0. The smallest absolute Gasteiger partial charge is 0.339 e. The van der Waals surface area contributed by atoms with Crippen molar-refractivity contribution in [3.05, 3.63) is 66.2 Å². The molecule has 2 N–H and O–H groups in total. The Morgan fingerprint density at radius 1 is 1.10 bits per heavy atom. The van der Waals surface area contributed by atoms with Crippen molar-refractivity contribution in [3.63, 3.8) is 0 Å². The average molecular weight is 283 g/mol. The van der Waals surface area contributed by atoms with Crippen LogP contribution in [-0.4, -0.2) is 17.2 Å². The fourth-order valence-electron chi connectivity index (χ4n) is 1.97. The number of nitrogens with one attached hydrogen (secondary N) is 1. The molecule has 0 spiro atoms. The molecular formula is C16H13NO4. The number of carboxylic acids is 1. The molecule has 2 aromatic rings. The number of hydroxylamine groups is 1. The Kier molecular flexibility index (Phi) is 3.57. The summed E-state index contributed by atoms with van der Waals surface area (Å²) < 4.78 is 5.74. The van der Waals surface area contributed by atoms with Gasteiger partial charge in [0.25, 0.3) is 0 Å². The van der Waals surface area contributed by atoms with Crippen LogP contribution in [0.5, 0.6) is 11.5 Å². The lowest BCUT2D eigenvalue weighted by atomic mass is 10.1. The van der Waals surface area contributed by atoms with Gasteiger partial charge in [0.1, 0.15) is 11.5 Å². The zero-order chi connectivity index (χ0) is 14.7. The van der Waals surface area contributed by atoms with Crippen molar-refractivity contribution in [3.8, 4) is 11.5 Å². The molecule has 2 aromatic carbocycles. The van der Waals surface area contributed by atoms with Gasteiger partial charge in [-0.25, -0.2) is 4.79 Å². The minimum Gasteiger partial charge on any atom is -0.479 e. The fraction of sp³-hybridized carbons (Fsp3) is 0.0625. The molecule has 0 saturated heterocycles. The van der Waals surface area contributed by atoms with Gasteiger partial charge in [0.2, 0.25) is 6.10 Å². The van der Waals surface area contributed by atoms with Crippen LogP contribution in [0.2, 0.25) is 0 Å². The maximum atomic E-state index is 10.9. The minimum absolute atomic E-state index is 0.612. The number of para-hydroxylation sites is 1. The molecule has 1 atom stereocenters. The van der Waals surface area contributed by atoms with Crippen LogP contribution >= 0.6 is 0 Å². The number of hydrogen-bond acceptors (Lipinski definition) is 4. The summed E-state index contributed by atoms with van der Waals surface area (Å²) in [5.41, 5.74) is 4.03. The third kappa shape index (κ3) is 3.04. The predicted octanol–water partition coefficient (Wildman–Crippen LogP) is 2.81. The molecule has 106 valence electrons. The van der Waals surface area contributed by atoms with Crippen molar-refractivity contribution in [1.29, 1.82) is 0 Å². The van der Waals surface area contributed by atoms with E-state index in [0.29, 0.717) is 11.4 Å². The molecule has 3 rings (SSSR count). The van der Waals surface area contributed by atoms with Gasteiger partial charge in [-0.05, 0) is 30.3 Å². The first-order valence-electron chi connectivity index (χ1n) is 6.42. The number of carbonyl (C=O) groups is 1. The van der Waals surface area contributed by atoms with Crippen LogP contribution in [0, 0.1) is 0 Å². The largest absolute Gasteiger partial charge is 0.479 e. The van der Waals surface area contributed by atoms with Crippen molar-refractivity contribution >= 4 is 11.7 Å². The average Bonchev–Trinajstić information content (AvgIpc) is 2.99. The van der Waals surface area contributed by atoms with E-state index in [1.807, 2.05) is 54.6 Å². The number of carboxylic acid groups (broad SMARTS) is 1. The van der Waals surface area contributed by atoms with Crippen LogP contribution in [0.25, 0.3) is 5.70 Å². The Balaban J connectivity index is 1.81. The highest BCUT2D eigenvalue weighted by Gasteiger charge is 2.23. The lowest BCUT2D eigenvalue weighted by molar-refractivity contribution is -0.148. The Labute approximate surface area is 121 Å². The molecule has 0 bridgehead atoms. The molecule has 5 heteroatoms. The summed E-state index contributed by atoms with van der Waals surface area (Å²) in [4.78, 5) is 15.8. The molecular weight excluding hydrogens is 270 g/mol. The Morgan fingerprint density at radius 3 is 2.57 bits per heavy atom. The molecule has 0 aliphatic carbocycles. The molecule has 1 aliphatic heterocycles. The third-order valence-electron chi connectivity index (χ3n) is 2.98. The van der Waals surface area contributed by atoms with E-state index in [2.05, 4.69) is 5.48 Å². The van der Waals surface area contributed by atoms with Crippen LogP contribution in [0.4, 0.5) is 0 Å². The first-order valence-corrected chi connectivity index (χ1v) is 6.42. The minimum atomic E-state index is -1.03. The highest BCUT2D eigenvalue weighted by Crippen LogP contribution is 2.26. The summed E-state index contributed by atoms with van der Waals surface area (Å²) >= 11 is 0. The summed E-state index contributed by atoms with van der Waals surface area (Å²) in [7, 11) is 0. The summed E-state index contributed by atoms with van der Waals surface area (Å²) in [5.74, 6) is 0.372. The molecule has 1 aliphatic rings. The monoisotopic (exact) mass is 283 g/mol. The van der Waals surface area contributed by atoms with Gasteiger partial charge in [-0.1, -0.05) is 30.3 Å². The van der Waals surface area contributed by atoms with Crippen molar-refractivity contribution in [1.82, 2.24) is 5.48 Å². The van der Waals surface area contributed by atoms with Crippen molar-refractivity contribution in [2.24, 2.45) is 0 Å². The molecule has 0 aromatic heterocycles. The van der Waals surface area contributed by atoms with Gasteiger partial charge >= 0.3 is 5.97 Å². The van der Waals surface area contributed by atoms with Gasteiger partial charge in [-0.15, -0.1) is 0 Å². The number of hydrogen-bond donors (Lipinski definition) is 2. The van der Waals surface area contributed by atoms with Crippen LogP contribution in [0.1, 0.15) is 5.56 Å². The van der Waals surface area contributed by atoms with Gasteiger partial charge < -0.3 is 9.84 Å². The van der Waals surface area contributed by atoms with E-state index < -0.39 is 12.1 Å². The third-order valence-corrected chi connectivity index (χ3v) is 2.98. The first-order chi connectivity index (χ1) is 10.2. The highest BCUT2D eigenvalue weighted by molar-refractivity contribution is 5.80. The van der Waals surface area contributed by atoms with E-state index in [4.69, 9.17) is 14.7 Å². The normalized spacial score (nSPS) is 17.0. The molecule has 0 amide bonds. The second kappa shape index (κ2) is 5.68. The van der Waals surface area contributed by atoms with Crippen molar-refractivity contribution in [2.75, 3.05) is 0 Å². The molecule has 1 unspecified atom stereocenters. The molecule has 5 nitrogen and oxygen atoms in total. The van der Waals surface area contributed by atoms with Crippen LogP contribution in [-0.2, 0) is 9.63 Å². The maximum Gasteiger partial charge on any atom is 0.339 e. The van der Waals surface area contributed by atoms with Crippen molar-refractivity contribution in [2.45, 2.75) is 6.10 Å². The van der Waals surface area contributed by atoms with Gasteiger partial charge in [0.15, 0.2) is 0 Å². The van der Waals surface area contributed by atoms with E-state index >= 15 is 0 Å². The zero-order valence-corrected chi connectivity index (χ0v) is 11.0. The second-order valence-corrected chi connectivity index (χ2v) is 4.50. The van der Waals surface area contributed by atoms with Crippen LogP contribution in [0.15, 0.2) is 60.7 Å². The van der Waals surface area contributed by atoms with Crippen LogP contribution < -0.4 is 10.2 Å².